The van der Waals surface area contributed by atoms with Gasteiger partial charge in [-0.25, -0.2) is 4.98 Å². The Bertz CT molecular complexity index is 977. The summed E-state index contributed by atoms with van der Waals surface area (Å²) in [6.07, 6.45) is 4.40. The molecule has 9 nitrogen and oxygen atoms in total. The summed E-state index contributed by atoms with van der Waals surface area (Å²) < 4.78 is 0.872. The molecule has 1 aromatic carbocycles. The second-order valence-corrected chi connectivity index (χ2v) is 9.54. The zero-order valence-electron chi connectivity index (χ0n) is 18.1. The second-order valence-electron chi connectivity index (χ2n) is 8.38. The van der Waals surface area contributed by atoms with Gasteiger partial charge in [0.05, 0.1) is 9.49 Å². The van der Waals surface area contributed by atoms with E-state index in [0.29, 0.717) is 17.3 Å². The number of anilines is 3. The number of carbonyl (C=O) groups is 2. The molecule has 2 aromatic rings. The standard InChI is InChI=1S/C22H28IN7O2.CH4/c1-29-9-11-30(12-10-29)21(32)14-5-7-15(8-6-14)26-22-25-13-17(23)20(28-22)27-18-4-2-3-16(18)19(24)31;/h5-8,13,16,18H,2-4,9-12H2,1H3,(H2,24,31)(H2,25,26,27,28);1H4/t16-,18+;/m0./s1. The number of nitrogens with zero attached hydrogens (tertiary/aromatic N) is 4. The number of piperazine rings is 1. The Morgan fingerprint density at radius 1 is 1.12 bits per heavy atom. The van der Waals surface area contributed by atoms with Crippen molar-refractivity contribution in [2.45, 2.75) is 32.7 Å². The molecule has 0 bridgehead atoms. The largest absolute Gasteiger partial charge is 0.369 e. The molecule has 2 atom stereocenters. The van der Waals surface area contributed by atoms with Gasteiger partial charge < -0.3 is 26.2 Å². The fourth-order valence-electron chi connectivity index (χ4n) is 4.19. The first-order valence-corrected chi connectivity index (χ1v) is 11.9. The number of benzene rings is 1. The highest BCUT2D eigenvalue weighted by Gasteiger charge is 2.32. The van der Waals surface area contributed by atoms with E-state index in [2.05, 4.69) is 55.1 Å². The van der Waals surface area contributed by atoms with Gasteiger partial charge in [0, 0.05) is 49.7 Å². The van der Waals surface area contributed by atoms with Crippen LogP contribution >= 0.6 is 22.6 Å². The average Bonchev–Trinajstić information content (AvgIpc) is 3.25. The van der Waals surface area contributed by atoms with Crippen molar-refractivity contribution in [1.29, 1.82) is 0 Å². The molecule has 1 aliphatic carbocycles. The molecule has 2 fully saturated rings. The maximum Gasteiger partial charge on any atom is 0.253 e. The molecule has 4 N–H and O–H groups in total. The smallest absolute Gasteiger partial charge is 0.253 e. The third-order valence-corrected chi connectivity index (χ3v) is 6.92. The highest BCUT2D eigenvalue weighted by molar-refractivity contribution is 14.1. The van der Waals surface area contributed by atoms with Crippen LogP contribution < -0.4 is 16.4 Å². The van der Waals surface area contributed by atoms with Crippen molar-refractivity contribution in [2.75, 3.05) is 43.9 Å². The third kappa shape index (κ3) is 6.11. The van der Waals surface area contributed by atoms with E-state index in [1.807, 2.05) is 29.2 Å². The van der Waals surface area contributed by atoms with Gasteiger partial charge in [0.15, 0.2) is 0 Å². The Hall–Kier alpha value is -2.47. The molecule has 178 valence electrons. The van der Waals surface area contributed by atoms with Crippen molar-refractivity contribution in [2.24, 2.45) is 11.7 Å². The Kier molecular flexibility index (Phi) is 8.46. The number of halogens is 1. The number of hydrogen-bond acceptors (Lipinski definition) is 7. The highest BCUT2D eigenvalue weighted by atomic mass is 127. The van der Waals surface area contributed by atoms with Gasteiger partial charge in [-0.05, 0) is 66.7 Å². The van der Waals surface area contributed by atoms with Crippen LogP contribution in [-0.4, -0.2) is 70.9 Å². The number of hydrogen-bond donors (Lipinski definition) is 3. The molecular formula is C23H32IN7O2. The minimum absolute atomic E-state index is 0. The molecule has 1 aromatic heterocycles. The first-order valence-electron chi connectivity index (χ1n) is 10.8. The quantitative estimate of drug-likeness (QED) is 0.462. The summed E-state index contributed by atoms with van der Waals surface area (Å²) in [6, 6.07) is 7.36. The Morgan fingerprint density at radius 3 is 2.48 bits per heavy atom. The van der Waals surface area contributed by atoms with Crippen LogP contribution in [0, 0.1) is 9.49 Å². The van der Waals surface area contributed by atoms with E-state index in [1.54, 1.807) is 6.20 Å². The van der Waals surface area contributed by atoms with Crippen molar-refractivity contribution in [3.8, 4) is 0 Å². The average molecular weight is 565 g/mol. The normalized spacial score (nSPS) is 20.7. The van der Waals surface area contributed by atoms with Gasteiger partial charge in [-0.2, -0.15) is 4.98 Å². The number of rotatable bonds is 6. The van der Waals surface area contributed by atoms with E-state index >= 15 is 0 Å². The van der Waals surface area contributed by atoms with Gasteiger partial charge in [-0.3, -0.25) is 9.59 Å². The van der Waals surface area contributed by atoms with Crippen molar-refractivity contribution in [3.63, 3.8) is 0 Å². The number of carbonyl (C=O) groups excluding carboxylic acids is 2. The van der Waals surface area contributed by atoms with Gasteiger partial charge in [0.2, 0.25) is 11.9 Å². The van der Waals surface area contributed by atoms with E-state index in [9.17, 15) is 9.59 Å². The summed E-state index contributed by atoms with van der Waals surface area (Å²) in [7, 11) is 2.07. The summed E-state index contributed by atoms with van der Waals surface area (Å²) in [6.45, 7) is 3.29. The predicted octanol–water partition coefficient (Wildman–Crippen LogP) is 2.91. The molecule has 4 rings (SSSR count). The van der Waals surface area contributed by atoms with E-state index < -0.39 is 0 Å². The van der Waals surface area contributed by atoms with Crippen molar-refractivity contribution >= 4 is 51.9 Å². The summed E-state index contributed by atoms with van der Waals surface area (Å²) in [4.78, 5) is 37.5. The van der Waals surface area contributed by atoms with Crippen LogP contribution in [0.1, 0.15) is 37.0 Å². The molecule has 0 unspecified atom stereocenters. The topological polar surface area (TPSA) is 116 Å². The maximum absolute atomic E-state index is 12.7. The lowest BCUT2D eigenvalue weighted by Crippen LogP contribution is -2.47. The summed E-state index contributed by atoms with van der Waals surface area (Å²) in [5.74, 6) is 0.737. The first-order chi connectivity index (χ1) is 15.4. The second kappa shape index (κ2) is 11.1. The molecule has 2 amide bonds. The lowest BCUT2D eigenvalue weighted by Gasteiger charge is -2.32. The lowest BCUT2D eigenvalue weighted by molar-refractivity contribution is -0.121. The van der Waals surface area contributed by atoms with Crippen LogP contribution in [0.4, 0.5) is 17.5 Å². The predicted molar refractivity (Wildman–Crippen MR) is 139 cm³/mol. The maximum atomic E-state index is 12.7. The third-order valence-electron chi connectivity index (χ3n) is 6.13. The van der Waals surface area contributed by atoms with Crippen molar-refractivity contribution in [3.05, 3.63) is 39.6 Å². The van der Waals surface area contributed by atoms with Gasteiger partial charge in [0.25, 0.3) is 5.91 Å². The van der Waals surface area contributed by atoms with Crippen LogP contribution in [-0.2, 0) is 4.79 Å². The molecule has 2 aliphatic rings. The van der Waals surface area contributed by atoms with E-state index in [-0.39, 0.29) is 31.2 Å². The number of aromatic nitrogens is 2. The van der Waals surface area contributed by atoms with Gasteiger partial charge in [-0.15, -0.1) is 0 Å². The zero-order valence-corrected chi connectivity index (χ0v) is 20.2. The van der Waals surface area contributed by atoms with Crippen LogP contribution in [0.25, 0.3) is 0 Å². The molecule has 0 spiro atoms. The molecule has 1 saturated heterocycles. The van der Waals surface area contributed by atoms with Crippen LogP contribution in [0.3, 0.4) is 0 Å². The van der Waals surface area contributed by atoms with Crippen LogP contribution in [0.5, 0.6) is 0 Å². The fourth-order valence-corrected chi connectivity index (χ4v) is 4.61. The van der Waals surface area contributed by atoms with E-state index in [4.69, 9.17) is 5.73 Å². The minimum Gasteiger partial charge on any atom is -0.369 e. The minimum atomic E-state index is -0.270. The summed E-state index contributed by atoms with van der Waals surface area (Å²) >= 11 is 2.18. The van der Waals surface area contributed by atoms with E-state index in [1.165, 1.54) is 0 Å². The van der Waals surface area contributed by atoms with Gasteiger partial charge in [0.1, 0.15) is 5.82 Å². The molecule has 0 radical (unpaired) electrons. The van der Waals surface area contributed by atoms with Crippen molar-refractivity contribution in [1.82, 2.24) is 19.8 Å². The number of primary amides is 1. The molecule has 33 heavy (non-hydrogen) atoms. The SMILES string of the molecule is C.CN1CCN(C(=O)c2ccc(Nc3ncc(I)c(N[C@@H]4CCC[C@@H]4C(N)=O)n3)cc2)CC1. The zero-order chi connectivity index (χ0) is 22.7. The fraction of sp³-hybridized carbons (Fsp3) is 0.478. The molecule has 1 aliphatic heterocycles. The van der Waals surface area contributed by atoms with E-state index in [0.717, 1.165) is 54.7 Å². The number of nitrogens with one attached hydrogen (secondary N) is 2. The molecule has 2 heterocycles. The monoisotopic (exact) mass is 565 g/mol. The number of nitrogens with two attached hydrogens (primary N) is 1. The van der Waals surface area contributed by atoms with Crippen LogP contribution in [0.15, 0.2) is 30.5 Å². The van der Waals surface area contributed by atoms with Gasteiger partial charge >= 0.3 is 0 Å². The Morgan fingerprint density at radius 2 is 1.82 bits per heavy atom. The number of amides is 2. The van der Waals surface area contributed by atoms with Crippen molar-refractivity contribution < 1.29 is 9.59 Å². The Labute approximate surface area is 208 Å². The molecule has 10 heteroatoms. The number of likely N-dealkylation sites (N-methyl/N-ethyl adjacent to an activating group) is 1. The highest BCUT2D eigenvalue weighted by Crippen LogP contribution is 2.29. The first kappa shape index (κ1) is 25.2. The Balaban J connectivity index is 0.00000306. The molecular weight excluding hydrogens is 533 g/mol. The summed E-state index contributed by atoms with van der Waals surface area (Å²) in [5, 5.41) is 6.57. The molecule has 1 saturated carbocycles. The summed E-state index contributed by atoms with van der Waals surface area (Å²) in [5.41, 5.74) is 7.01. The van der Waals surface area contributed by atoms with Gasteiger partial charge in [-0.1, -0.05) is 13.8 Å². The van der Waals surface area contributed by atoms with Crippen LogP contribution in [0.2, 0.25) is 0 Å². The lowest BCUT2D eigenvalue weighted by atomic mass is 10.0.